The van der Waals surface area contributed by atoms with Crippen molar-refractivity contribution in [2.24, 2.45) is 11.3 Å². The molecule has 1 unspecified atom stereocenters. The van der Waals surface area contributed by atoms with E-state index in [0.717, 1.165) is 55.2 Å². The van der Waals surface area contributed by atoms with E-state index in [-0.39, 0.29) is 48.7 Å². The van der Waals surface area contributed by atoms with E-state index in [0.29, 0.717) is 28.7 Å². The van der Waals surface area contributed by atoms with E-state index < -0.39 is 5.97 Å². The molecule has 0 heterocycles. The molecule has 0 spiro atoms. The van der Waals surface area contributed by atoms with Crippen LogP contribution in [0.4, 0.5) is 0 Å². The van der Waals surface area contributed by atoms with Gasteiger partial charge in [-0.1, -0.05) is 26.8 Å². The summed E-state index contributed by atoms with van der Waals surface area (Å²) in [4.78, 5) is 39.9. The summed E-state index contributed by atoms with van der Waals surface area (Å²) < 4.78 is 16.6. The van der Waals surface area contributed by atoms with Crippen molar-refractivity contribution in [2.75, 3.05) is 27.9 Å². The van der Waals surface area contributed by atoms with Crippen molar-refractivity contribution in [1.82, 2.24) is 10.2 Å². The fourth-order valence-corrected chi connectivity index (χ4v) is 6.77. The number of hydrogen-bond donors (Lipinski definition) is 2. The first kappa shape index (κ1) is 32.2. The topological polar surface area (TPSA) is 114 Å². The van der Waals surface area contributed by atoms with Crippen LogP contribution in [-0.2, 0) is 22.4 Å². The highest BCUT2D eigenvalue weighted by Crippen LogP contribution is 2.44. The van der Waals surface area contributed by atoms with Crippen molar-refractivity contribution in [3.05, 3.63) is 52.6 Å². The molecule has 2 aliphatic rings. The molecule has 9 heteroatoms. The second-order valence-electron chi connectivity index (χ2n) is 12.8. The van der Waals surface area contributed by atoms with Crippen molar-refractivity contribution in [1.29, 1.82) is 0 Å². The van der Waals surface area contributed by atoms with Crippen molar-refractivity contribution in [3.63, 3.8) is 0 Å². The van der Waals surface area contributed by atoms with E-state index in [9.17, 15) is 14.4 Å². The lowest BCUT2D eigenvalue weighted by atomic mass is 9.71. The van der Waals surface area contributed by atoms with Crippen LogP contribution in [0.1, 0.15) is 92.4 Å². The minimum Gasteiger partial charge on any atom is -0.493 e. The van der Waals surface area contributed by atoms with Gasteiger partial charge in [0, 0.05) is 18.2 Å². The Morgan fingerprint density at radius 1 is 0.930 bits per heavy atom. The number of fused-ring (bicyclic) bond motifs is 1. The Morgan fingerprint density at radius 3 is 2.14 bits per heavy atom. The highest BCUT2D eigenvalue weighted by atomic mass is 16.5. The number of amides is 2. The van der Waals surface area contributed by atoms with Gasteiger partial charge in [0.15, 0.2) is 11.5 Å². The van der Waals surface area contributed by atoms with Crippen LogP contribution in [-0.4, -0.2) is 61.7 Å². The Balaban J connectivity index is 1.61. The van der Waals surface area contributed by atoms with Gasteiger partial charge in [-0.2, -0.15) is 0 Å². The minimum absolute atomic E-state index is 0.0572. The Kier molecular flexibility index (Phi) is 10.2. The number of hydrogen-bond acceptors (Lipinski definition) is 6. The number of ether oxygens (including phenoxy) is 3. The SMILES string of the molecule is COc1cc(CC(=O)N(C2CCC(C(C)(C)C)CC2)C2CCc3cc(C(=O)NCCC(=O)O)ccc32)cc(OC)c1OC. The molecule has 234 valence electrons. The van der Waals surface area contributed by atoms with Gasteiger partial charge in [-0.15, -0.1) is 0 Å². The predicted molar refractivity (Wildman–Crippen MR) is 164 cm³/mol. The molecule has 0 saturated heterocycles. The lowest BCUT2D eigenvalue weighted by molar-refractivity contribution is -0.138. The van der Waals surface area contributed by atoms with Crippen molar-refractivity contribution >= 4 is 17.8 Å². The van der Waals surface area contributed by atoms with E-state index in [2.05, 4.69) is 31.0 Å². The van der Waals surface area contributed by atoms with Gasteiger partial charge < -0.3 is 29.5 Å². The third kappa shape index (κ3) is 7.43. The first-order chi connectivity index (χ1) is 20.5. The molecule has 4 rings (SSSR count). The maximum absolute atomic E-state index is 14.3. The van der Waals surface area contributed by atoms with Crippen LogP contribution < -0.4 is 19.5 Å². The monoisotopic (exact) mass is 594 g/mol. The predicted octanol–water partition coefficient (Wildman–Crippen LogP) is 5.58. The van der Waals surface area contributed by atoms with Crippen LogP contribution in [0.25, 0.3) is 0 Å². The number of nitrogens with zero attached hydrogens (tertiary/aromatic N) is 1. The molecular formula is C34H46N2O7. The summed E-state index contributed by atoms with van der Waals surface area (Å²) in [5.74, 6) is 0.958. The number of carbonyl (C=O) groups is 3. The average molecular weight is 595 g/mol. The molecule has 1 atom stereocenters. The van der Waals surface area contributed by atoms with Gasteiger partial charge in [-0.05, 0) is 90.8 Å². The van der Waals surface area contributed by atoms with Crippen LogP contribution >= 0.6 is 0 Å². The molecule has 2 aliphatic carbocycles. The second-order valence-corrected chi connectivity index (χ2v) is 12.8. The maximum Gasteiger partial charge on any atom is 0.305 e. The number of benzene rings is 2. The molecule has 2 amide bonds. The number of nitrogens with one attached hydrogen (secondary N) is 1. The zero-order valence-corrected chi connectivity index (χ0v) is 26.3. The number of aryl methyl sites for hydroxylation is 1. The minimum atomic E-state index is -0.954. The standard InChI is InChI=1S/C34H46N2O7/c1-34(2,3)24-9-11-25(12-10-24)36(30(37)19-21-17-28(41-4)32(43-6)29(18-21)42-5)27-14-8-22-20-23(7-13-26(22)27)33(40)35-16-15-31(38)39/h7,13,17-18,20,24-25,27H,8-12,14-16,19H2,1-6H3,(H,35,40)(H,38,39). The fraction of sp³-hybridized carbons (Fsp3) is 0.559. The van der Waals surface area contributed by atoms with E-state index in [1.807, 2.05) is 24.3 Å². The quantitative estimate of drug-likeness (QED) is 0.349. The van der Waals surface area contributed by atoms with E-state index >= 15 is 0 Å². The van der Waals surface area contributed by atoms with Gasteiger partial charge in [0.1, 0.15) is 0 Å². The lowest BCUT2D eigenvalue weighted by Crippen LogP contribution is -2.45. The van der Waals surface area contributed by atoms with E-state index in [1.54, 1.807) is 27.4 Å². The zero-order valence-electron chi connectivity index (χ0n) is 26.3. The van der Waals surface area contributed by atoms with Crippen LogP contribution in [0.15, 0.2) is 30.3 Å². The van der Waals surface area contributed by atoms with Gasteiger partial charge in [-0.3, -0.25) is 14.4 Å². The molecule has 2 aromatic carbocycles. The van der Waals surface area contributed by atoms with Gasteiger partial charge in [0.25, 0.3) is 5.91 Å². The number of carboxylic acids is 1. The number of methoxy groups -OCH3 is 3. The molecule has 1 saturated carbocycles. The summed E-state index contributed by atoms with van der Waals surface area (Å²) in [6.45, 7) is 6.98. The number of rotatable bonds is 11. The smallest absolute Gasteiger partial charge is 0.305 e. The molecular weight excluding hydrogens is 548 g/mol. The third-order valence-corrected chi connectivity index (χ3v) is 9.09. The highest BCUT2D eigenvalue weighted by Gasteiger charge is 2.39. The molecule has 2 aromatic rings. The first-order valence-corrected chi connectivity index (χ1v) is 15.2. The molecule has 43 heavy (non-hydrogen) atoms. The second kappa shape index (κ2) is 13.7. The van der Waals surface area contributed by atoms with Crippen LogP contribution in [0.2, 0.25) is 0 Å². The van der Waals surface area contributed by atoms with Gasteiger partial charge >= 0.3 is 5.97 Å². The molecule has 1 fully saturated rings. The van der Waals surface area contributed by atoms with Crippen LogP contribution in [0.3, 0.4) is 0 Å². The van der Waals surface area contributed by atoms with E-state index in [4.69, 9.17) is 19.3 Å². The molecule has 9 nitrogen and oxygen atoms in total. The third-order valence-electron chi connectivity index (χ3n) is 9.09. The summed E-state index contributed by atoms with van der Waals surface area (Å²) in [5, 5.41) is 11.6. The van der Waals surface area contributed by atoms with Crippen LogP contribution in [0, 0.1) is 11.3 Å². The Morgan fingerprint density at radius 2 is 1.58 bits per heavy atom. The molecule has 0 radical (unpaired) electrons. The Labute approximate surface area is 254 Å². The first-order valence-electron chi connectivity index (χ1n) is 15.2. The van der Waals surface area contributed by atoms with Crippen molar-refractivity contribution in [2.45, 2.75) is 84.2 Å². The van der Waals surface area contributed by atoms with E-state index in [1.165, 1.54) is 0 Å². The fourth-order valence-electron chi connectivity index (χ4n) is 6.77. The van der Waals surface area contributed by atoms with Gasteiger partial charge in [0.2, 0.25) is 11.7 Å². The van der Waals surface area contributed by atoms with Crippen LogP contribution in [0.5, 0.6) is 17.2 Å². The maximum atomic E-state index is 14.3. The Bertz CT molecular complexity index is 1300. The molecule has 0 aromatic heterocycles. The highest BCUT2D eigenvalue weighted by molar-refractivity contribution is 5.94. The van der Waals surface area contributed by atoms with Crippen molar-refractivity contribution < 1.29 is 33.7 Å². The summed E-state index contributed by atoms with van der Waals surface area (Å²) in [7, 11) is 4.70. The van der Waals surface area contributed by atoms with Gasteiger partial charge in [-0.25, -0.2) is 0 Å². The van der Waals surface area contributed by atoms with Gasteiger partial charge in [0.05, 0.1) is 40.2 Å². The number of aliphatic carboxylic acids is 1. The zero-order chi connectivity index (χ0) is 31.3. The summed E-state index contributed by atoms with van der Waals surface area (Å²) in [5.41, 5.74) is 3.67. The lowest BCUT2D eigenvalue weighted by Gasteiger charge is -2.43. The normalized spacial score (nSPS) is 19.7. The van der Waals surface area contributed by atoms with Crippen molar-refractivity contribution in [3.8, 4) is 17.2 Å². The summed E-state index contributed by atoms with van der Waals surface area (Å²) in [6, 6.07) is 9.37. The number of carboxylic acid groups (broad SMARTS) is 1. The Hall–Kier alpha value is -3.75. The average Bonchev–Trinajstić information content (AvgIpc) is 3.39. The number of carbonyl (C=O) groups excluding carboxylic acids is 2. The molecule has 2 N–H and O–H groups in total. The molecule has 0 bridgehead atoms. The summed E-state index contributed by atoms with van der Waals surface area (Å²) in [6.07, 6.45) is 5.71. The summed E-state index contributed by atoms with van der Waals surface area (Å²) >= 11 is 0. The largest absolute Gasteiger partial charge is 0.493 e. The molecule has 0 aliphatic heterocycles.